The number of piperazine rings is 1. The van der Waals surface area contributed by atoms with E-state index in [9.17, 15) is 9.59 Å². The third-order valence-corrected chi connectivity index (χ3v) is 4.07. The van der Waals surface area contributed by atoms with Gasteiger partial charge in [-0.05, 0) is 24.9 Å². The number of benzene rings is 1. The van der Waals surface area contributed by atoms with Crippen molar-refractivity contribution in [1.29, 1.82) is 0 Å². The molecule has 1 fully saturated rings. The van der Waals surface area contributed by atoms with Crippen LogP contribution in [-0.2, 0) is 16.0 Å². The molecule has 0 atom stereocenters. The average Bonchev–Trinajstić information content (AvgIpc) is 2.59. The Hall–Kier alpha value is -1.88. The molecule has 0 aromatic heterocycles. The highest BCUT2D eigenvalue weighted by molar-refractivity contribution is 6.35. The van der Waals surface area contributed by atoms with Crippen molar-refractivity contribution in [2.75, 3.05) is 39.3 Å². The summed E-state index contributed by atoms with van der Waals surface area (Å²) in [6.07, 6.45) is 1.75. The first-order valence-corrected chi connectivity index (χ1v) is 8.04. The number of nitrogens with one attached hydrogen (secondary N) is 1. The fourth-order valence-corrected chi connectivity index (χ4v) is 2.63. The minimum atomic E-state index is -0.474. The van der Waals surface area contributed by atoms with Gasteiger partial charge in [0.25, 0.3) is 0 Å². The van der Waals surface area contributed by atoms with Crippen LogP contribution in [0.25, 0.3) is 0 Å². The Morgan fingerprint density at radius 1 is 1.09 bits per heavy atom. The second-order valence-electron chi connectivity index (χ2n) is 5.57. The highest BCUT2D eigenvalue weighted by Gasteiger charge is 2.24. The number of hydrogen-bond acceptors (Lipinski definition) is 3. The van der Waals surface area contributed by atoms with Gasteiger partial charge in [0.2, 0.25) is 0 Å². The maximum atomic E-state index is 12.1. The molecule has 0 radical (unpaired) electrons. The number of hydrogen-bond donors (Lipinski definition) is 1. The van der Waals surface area contributed by atoms with Crippen LogP contribution in [0.3, 0.4) is 0 Å². The number of likely N-dealkylation sites (N-methyl/N-ethyl adjacent to an activating group) is 1. The summed E-state index contributed by atoms with van der Waals surface area (Å²) in [6, 6.07) is 10.1. The van der Waals surface area contributed by atoms with Crippen molar-refractivity contribution in [3.05, 3.63) is 35.9 Å². The van der Waals surface area contributed by atoms with E-state index in [0.29, 0.717) is 19.6 Å². The molecule has 2 rings (SSSR count). The molecule has 5 nitrogen and oxygen atoms in total. The van der Waals surface area contributed by atoms with E-state index in [4.69, 9.17) is 0 Å². The van der Waals surface area contributed by atoms with Gasteiger partial charge < -0.3 is 15.1 Å². The highest BCUT2D eigenvalue weighted by atomic mass is 16.2. The molecule has 5 heteroatoms. The predicted octanol–water partition coefficient (Wildman–Crippen LogP) is 0.900. The molecule has 0 unspecified atom stereocenters. The van der Waals surface area contributed by atoms with Gasteiger partial charge in [0.05, 0.1) is 0 Å². The van der Waals surface area contributed by atoms with Crippen LogP contribution in [0.15, 0.2) is 30.3 Å². The Balaban J connectivity index is 1.65. The molecule has 1 aliphatic rings. The van der Waals surface area contributed by atoms with Crippen molar-refractivity contribution in [1.82, 2.24) is 15.1 Å². The topological polar surface area (TPSA) is 52.7 Å². The van der Waals surface area contributed by atoms with Gasteiger partial charge in [-0.1, -0.05) is 37.3 Å². The molecule has 0 spiro atoms. The molecule has 22 heavy (non-hydrogen) atoms. The van der Waals surface area contributed by atoms with Crippen LogP contribution >= 0.6 is 0 Å². The molecule has 1 aromatic rings. The zero-order valence-electron chi connectivity index (χ0n) is 13.3. The van der Waals surface area contributed by atoms with E-state index >= 15 is 0 Å². The first-order chi connectivity index (χ1) is 10.7. The third-order valence-electron chi connectivity index (χ3n) is 4.07. The van der Waals surface area contributed by atoms with Gasteiger partial charge in [-0.2, -0.15) is 0 Å². The third kappa shape index (κ3) is 4.84. The Kier molecular flexibility index (Phi) is 6.40. The Labute approximate surface area is 132 Å². The first kappa shape index (κ1) is 16.5. The zero-order chi connectivity index (χ0) is 15.8. The van der Waals surface area contributed by atoms with E-state index in [0.717, 1.165) is 32.5 Å². The lowest BCUT2D eigenvalue weighted by Gasteiger charge is -2.33. The number of carbonyl (C=O) groups is 2. The zero-order valence-corrected chi connectivity index (χ0v) is 13.3. The van der Waals surface area contributed by atoms with Crippen molar-refractivity contribution >= 4 is 11.8 Å². The largest absolute Gasteiger partial charge is 0.348 e. The summed E-state index contributed by atoms with van der Waals surface area (Å²) in [6.45, 7) is 6.63. The standard InChI is InChI=1S/C17H25N3O2/c1-2-19-11-13-20(14-12-19)17(22)16(21)18-10-6-9-15-7-4-3-5-8-15/h3-5,7-8H,2,6,9-14H2,1H3,(H,18,21). The number of nitrogens with zero attached hydrogens (tertiary/aromatic N) is 2. The molecule has 0 aliphatic carbocycles. The molecule has 1 aliphatic heterocycles. The summed E-state index contributed by atoms with van der Waals surface area (Å²) in [7, 11) is 0. The molecule has 0 bridgehead atoms. The second-order valence-corrected chi connectivity index (χ2v) is 5.57. The maximum absolute atomic E-state index is 12.1. The fourth-order valence-electron chi connectivity index (χ4n) is 2.63. The van der Waals surface area contributed by atoms with Crippen LogP contribution in [0, 0.1) is 0 Å². The summed E-state index contributed by atoms with van der Waals surface area (Å²) < 4.78 is 0. The van der Waals surface area contributed by atoms with Gasteiger partial charge in [-0.3, -0.25) is 9.59 Å². The van der Waals surface area contributed by atoms with E-state index in [-0.39, 0.29) is 0 Å². The van der Waals surface area contributed by atoms with Crippen LogP contribution in [0.5, 0.6) is 0 Å². The van der Waals surface area contributed by atoms with Gasteiger partial charge >= 0.3 is 11.8 Å². The smallest absolute Gasteiger partial charge is 0.311 e. The molecule has 1 saturated heterocycles. The fraction of sp³-hybridized carbons (Fsp3) is 0.529. The lowest BCUT2D eigenvalue weighted by molar-refractivity contribution is -0.146. The highest BCUT2D eigenvalue weighted by Crippen LogP contribution is 2.03. The normalized spacial score (nSPS) is 15.6. The van der Waals surface area contributed by atoms with E-state index in [2.05, 4.69) is 29.3 Å². The SMILES string of the molecule is CCN1CCN(C(=O)C(=O)NCCCc2ccccc2)CC1. The molecule has 1 aromatic carbocycles. The molecule has 0 saturated carbocycles. The van der Waals surface area contributed by atoms with Crippen LogP contribution in [0.4, 0.5) is 0 Å². The van der Waals surface area contributed by atoms with E-state index < -0.39 is 11.8 Å². The van der Waals surface area contributed by atoms with Gasteiger partial charge in [-0.25, -0.2) is 0 Å². The van der Waals surface area contributed by atoms with Crippen LogP contribution in [0.2, 0.25) is 0 Å². The van der Waals surface area contributed by atoms with Crippen molar-refractivity contribution < 1.29 is 9.59 Å². The van der Waals surface area contributed by atoms with Gasteiger partial charge in [-0.15, -0.1) is 0 Å². The maximum Gasteiger partial charge on any atom is 0.311 e. The van der Waals surface area contributed by atoms with Crippen molar-refractivity contribution in [3.8, 4) is 0 Å². The Bertz CT molecular complexity index is 482. The molecular formula is C17H25N3O2. The Morgan fingerprint density at radius 3 is 2.41 bits per heavy atom. The quantitative estimate of drug-likeness (QED) is 0.649. The summed E-state index contributed by atoms with van der Waals surface area (Å²) in [5.74, 6) is -0.867. The van der Waals surface area contributed by atoms with Gasteiger partial charge in [0.1, 0.15) is 0 Å². The van der Waals surface area contributed by atoms with E-state index in [1.807, 2.05) is 18.2 Å². The lowest BCUT2D eigenvalue weighted by atomic mass is 10.1. The molecule has 120 valence electrons. The average molecular weight is 303 g/mol. The summed E-state index contributed by atoms with van der Waals surface area (Å²) in [4.78, 5) is 27.9. The van der Waals surface area contributed by atoms with Crippen molar-refractivity contribution in [2.24, 2.45) is 0 Å². The number of carbonyl (C=O) groups excluding carboxylic acids is 2. The van der Waals surface area contributed by atoms with Crippen molar-refractivity contribution in [2.45, 2.75) is 19.8 Å². The number of rotatable bonds is 5. The van der Waals surface area contributed by atoms with Crippen LogP contribution in [0.1, 0.15) is 18.9 Å². The van der Waals surface area contributed by atoms with E-state index in [1.165, 1.54) is 5.56 Å². The minimum absolute atomic E-state index is 0.393. The second kappa shape index (κ2) is 8.54. The molecule has 2 amide bonds. The summed E-state index contributed by atoms with van der Waals surface area (Å²) in [5.41, 5.74) is 1.25. The minimum Gasteiger partial charge on any atom is -0.348 e. The lowest BCUT2D eigenvalue weighted by Crippen LogP contribution is -2.52. The van der Waals surface area contributed by atoms with E-state index in [1.54, 1.807) is 4.90 Å². The number of amides is 2. The molecule has 1 heterocycles. The van der Waals surface area contributed by atoms with Gasteiger partial charge in [0.15, 0.2) is 0 Å². The monoisotopic (exact) mass is 303 g/mol. The summed E-state index contributed by atoms with van der Waals surface area (Å²) >= 11 is 0. The molecular weight excluding hydrogens is 278 g/mol. The van der Waals surface area contributed by atoms with Crippen LogP contribution < -0.4 is 5.32 Å². The Morgan fingerprint density at radius 2 is 1.77 bits per heavy atom. The first-order valence-electron chi connectivity index (χ1n) is 8.04. The predicted molar refractivity (Wildman–Crippen MR) is 86.5 cm³/mol. The number of aryl methyl sites for hydroxylation is 1. The van der Waals surface area contributed by atoms with Crippen LogP contribution in [-0.4, -0.2) is 60.9 Å². The van der Waals surface area contributed by atoms with Gasteiger partial charge in [0, 0.05) is 32.7 Å². The molecule has 1 N–H and O–H groups in total. The summed E-state index contributed by atoms with van der Waals surface area (Å²) in [5, 5.41) is 2.73. The van der Waals surface area contributed by atoms with Crippen molar-refractivity contribution in [3.63, 3.8) is 0 Å².